The van der Waals surface area contributed by atoms with Crippen LogP contribution in [-0.2, 0) is 4.74 Å². The average molecular weight is 267 g/mol. The van der Waals surface area contributed by atoms with Crippen LogP contribution in [0.25, 0.3) is 0 Å². The molecular weight excluding hydrogens is 242 g/mol. The van der Waals surface area contributed by atoms with E-state index in [1.807, 2.05) is 14.0 Å². The normalized spacial score (nSPS) is 15.1. The van der Waals surface area contributed by atoms with Gasteiger partial charge in [0.05, 0.1) is 19.3 Å². The van der Waals surface area contributed by atoms with E-state index in [0.717, 1.165) is 5.69 Å². The Balaban J connectivity index is 3.16. The van der Waals surface area contributed by atoms with Crippen LogP contribution >= 0.6 is 0 Å². The second-order valence-corrected chi connectivity index (χ2v) is 5.46. The number of nitrogens with one attached hydrogen (secondary N) is 1. The van der Waals surface area contributed by atoms with Gasteiger partial charge in [0, 0.05) is 19.0 Å². The molecule has 5 nitrogen and oxygen atoms in total. The van der Waals surface area contributed by atoms with Crippen molar-refractivity contribution >= 4 is 0 Å². The van der Waals surface area contributed by atoms with E-state index in [4.69, 9.17) is 9.47 Å². The molecule has 0 aliphatic carbocycles. The van der Waals surface area contributed by atoms with Crippen molar-refractivity contribution in [3.05, 3.63) is 18.1 Å². The first-order valence-corrected chi connectivity index (χ1v) is 6.59. The van der Waals surface area contributed by atoms with E-state index < -0.39 is 0 Å². The maximum Gasteiger partial charge on any atom is 0.237 e. The molecule has 2 unspecified atom stereocenters. The molecule has 0 bridgehead atoms. The molecule has 1 aromatic rings. The second kappa shape index (κ2) is 6.82. The van der Waals surface area contributed by atoms with Crippen molar-refractivity contribution in [3.8, 4) is 5.88 Å². The van der Waals surface area contributed by atoms with Gasteiger partial charge in [0.1, 0.15) is 5.69 Å². The quantitative estimate of drug-likeness (QED) is 0.856. The summed E-state index contributed by atoms with van der Waals surface area (Å²) in [6.07, 6.45) is 3.28. The molecule has 2 atom stereocenters. The molecule has 0 spiro atoms. The number of methoxy groups -OCH3 is 1. The van der Waals surface area contributed by atoms with Gasteiger partial charge in [-0.3, -0.25) is 4.98 Å². The summed E-state index contributed by atoms with van der Waals surface area (Å²) in [5.41, 5.74) is 0.757. The highest BCUT2D eigenvalue weighted by atomic mass is 16.5. The average Bonchev–Trinajstić information content (AvgIpc) is 2.38. The largest absolute Gasteiger partial charge is 0.480 e. The number of rotatable bonds is 6. The van der Waals surface area contributed by atoms with Crippen molar-refractivity contribution in [1.82, 2.24) is 15.3 Å². The van der Waals surface area contributed by atoms with Crippen LogP contribution in [0, 0.1) is 5.41 Å². The summed E-state index contributed by atoms with van der Waals surface area (Å²) in [5, 5.41) is 3.28. The highest BCUT2D eigenvalue weighted by molar-refractivity contribution is 5.23. The van der Waals surface area contributed by atoms with Crippen LogP contribution in [0.1, 0.15) is 39.4 Å². The van der Waals surface area contributed by atoms with E-state index in [1.165, 1.54) is 0 Å². The molecule has 108 valence electrons. The summed E-state index contributed by atoms with van der Waals surface area (Å²) in [4.78, 5) is 8.62. The first-order valence-electron chi connectivity index (χ1n) is 6.59. The number of hydrogen-bond donors (Lipinski definition) is 1. The van der Waals surface area contributed by atoms with Gasteiger partial charge in [-0.25, -0.2) is 4.98 Å². The Labute approximate surface area is 115 Å². The Morgan fingerprint density at radius 3 is 2.37 bits per heavy atom. The summed E-state index contributed by atoms with van der Waals surface area (Å²) < 4.78 is 11.2. The van der Waals surface area contributed by atoms with Crippen molar-refractivity contribution in [2.45, 2.75) is 39.8 Å². The Morgan fingerprint density at radius 2 is 1.89 bits per heavy atom. The predicted octanol–water partition coefficient (Wildman–Crippen LogP) is 2.20. The van der Waals surface area contributed by atoms with E-state index >= 15 is 0 Å². The van der Waals surface area contributed by atoms with E-state index in [1.54, 1.807) is 19.5 Å². The molecule has 5 heteroatoms. The van der Waals surface area contributed by atoms with Gasteiger partial charge < -0.3 is 14.8 Å². The standard InChI is InChI=1S/C14H25N3O2/c1-7-19-12(14(2,3)4)10(15-5)11-13(18-6)17-9-8-16-11/h8-10,12,15H,7H2,1-6H3. The zero-order valence-corrected chi connectivity index (χ0v) is 12.7. The van der Waals surface area contributed by atoms with Crippen molar-refractivity contribution < 1.29 is 9.47 Å². The summed E-state index contributed by atoms with van der Waals surface area (Å²) >= 11 is 0. The Kier molecular flexibility index (Phi) is 5.69. The maximum absolute atomic E-state index is 5.93. The number of ether oxygens (including phenoxy) is 2. The molecule has 0 radical (unpaired) electrons. The Hall–Kier alpha value is -1.20. The van der Waals surface area contributed by atoms with Gasteiger partial charge in [-0.2, -0.15) is 0 Å². The molecule has 1 rings (SSSR count). The molecule has 0 aliphatic heterocycles. The highest BCUT2D eigenvalue weighted by Gasteiger charge is 2.35. The van der Waals surface area contributed by atoms with Crippen LogP contribution < -0.4 is 10.1 Å². The summed E-state index contributed by atoms with van der Waals surface area (Å²) in [6, 6.07) is -0.0661. The van der Waals surface area contributed by atoms with Crippen molar-refractivity contribution in [3.63, 3.8) is 0 Å². The van der Waals surface area contributed by atoms with Crippen LogP contribution in [-0.4, -0.2) is 36.8 Å². The fourth-order valence-corrected chi connectivity index (χ4v) is 2.16. The summed E-state index contributed by atoms with van der Waals surface area (Å²) in [7, 11) is 3.50. The van der Waals surface area contributed by atoms with Gasteiger partial charge >= 0.3 is 0 Å². The van der Waals surface area contributed by atoms with Crippen LogP contribution in [0.2, 0.25) is 0 Å². The lowest BCUT2D eigenvalue weighted by atomic mass is 9.83. The van der Waals surface area contributed by atoms with Gasteiger partial charge in [0.15, 0.2) is 0 Å². The Bertz CT molecular complexity index is 391. The van der Waals surface area contributed by atoms with E-state index in [2.05, 4.69) is 36.1 Å². The zero-order valence-electron chi connectivity index (χ0n) is 12.7. The summed E-state index contributed by atoms with van der Waals surface area (Å²) in [5.74, 6) is 0.538. The fourth-order valence-electron chi connectivity index (χ4n) is 2.16. The lowest BCUT2D eigenvalue weighted by Gasteiger charge is -2.36. The third-order valence-corrected chi connectivity index (χ3v) is 2.99. The molecular formula is C14H25N3O2. The minimum atomic E-state index is -0.0661. The van der Waals surface area contributed by atoms with Gasteiger partial charge in [-0.1, -0.05) is 20.8 Å². The lowest BCUT2D eigenvalue weighted by molar-refractivity contribution is -0.0365. The Morgan fingerprint density at radius 1 is 1.26 bits per heavy atom. The van der Waals surface area contributed by atoms with Gasteiger partial charge in [-0.05, 0) is 19.4 Å². The first kappa shape index (κ1) is 15.9. The molecule has 1 aromatic heterocycles. The highest BCUT2D eigenvalue weighted by Crippen LogP contribution is 2.34. The van der Waals surface area contributed by atoms with E-state index in [-0.39, 0.29) is 17.6 Å². The lowest BCUT2D eigenvalue weighted by Crippen LogP contribution is -2.41. The molecule has 19 heavy (non-hydrogen) atoms. The van der Waals surface area contributed by atoms with Crippen molar-refractivity contribution in [2.24, 2.45) is 5.41 Å². The minimum absolute atomic E-state index is 0.0203. The van der Waals surface area contributed by atoms with Crippen LogP contribution in [0.4, 0.5) is 0 Å². The molecule has 0 amide bonds. The van der Waals surface area contributed by atoms with Crippen LogP contribution in [0.5, 0.6) is 5.88 Å². The number of hydrogen-bond acceptors (Lipinski definition) is 5. The third-order valence-electron chi connectivity index (χ3n) is 2.99. The molecule has 1 N–H and O–H groups in total. The zero-order chi connectivity index (χ0) is 14.5. The maximum atomic E-state index is 5.93. The SMILES string of the molecule is CCOC(C(NC)c1nccnc1OC)C(C)(C)C. The van der Waals surface area contributed by atoms with Gasteiger partial charge in [0.2, 0.25) is 5.88 Å². The molecule has 0 fully saturated rings. The first-order chi connectivity index (χ1) is 8.95. The van der Waals surface area contributed by atoms with E-state index in [0.29, 0.717) is 12.5 Å². The molecule has 0 aliphatic rings. The van der Waals surface area contributed by atoms with Gasteiger partial charge in [-0.15, -0.1) is 0 Å². The van der Waals surface area contributed by atoms with Crippen LogP contribution in [0.3, 0.4) is 0 Å². The fraction of sp³-hybridized carbons (Fsp3) is 0.714. The monoisotopic (exact) mass is 267 g/mol. The second-order valence-electron chi connectivity index (χ2n) is 5.46. The van der Waals surface area contributed by atoms with Crippen LogP contribution in [0.15, 0.2) is 12.4 Å². The topological polar surface area (TPSA) is 56.3 Å². The van der Waals surface area contributed by atoms with E-state index in [9.17, 15) is 0 Å². The molecule has 0 aromatic carbocycles. The van der Waals surface area contributed by atoms with Gasteiger partial charge in [0.25, 0.3) is 0 Å². The molecule has 0 saturated heterocycles. The predicted molar refractivity (Wildman–Crippen MR) is 75.3 cm³/mol. The number of likely N-dealkylation sites (N-methyl/N-ethyl adjacent to an activating group) is 1. The number of nitrogens with zero attached hydrogens (tertiary/aromatic N) is 2. The smallest absolute Gasteiger partial charge is 0.237 e. The number of aromatic nitrogens is 2. The van der Waals surface area contributed by atoms with Crippen molar-refractivity contribution in [1.29, 1.82) is 0 Å². The molecule has 0 saturated carbocycles. The minimum Gasteiger partial charge on any atom is -0.480 e. The third kappa shape index (κ3) is 3.88. The summed E-state index contributed by atoms with van der Waals surface area (Å²) in [6.45, 7) is 9.11. The molecule has 1 heterocycles. The van der Waals surface area contributed by atoms with Crippen molar-refractivity contribution in [2.75, 3.05) is 20.8 Å².